The van der Waals surface area contributed by atoms with Crippen molar-refractivity contribution in [3.63, 3.8) is 0 Å². The number of rotatable bonds is 24. The summed E-state index contributed by atoms with van der Waals surface area (Å²) in [5.74, 6) is -1.22. The SMILES string of the molecule is CCCCCCCCCCCC(CCCCCC)CC(S)OC(CC)OC(O)(P=O)C(=O)O. The molecule has 0 aromatic heterocycles. The van der Waals surface area contributed by atoms with Gasteiger partial charge in [0.2, 0.25) is 8.46 Å². The molecule has 0 bridgehead atoms. The van der Waals surface area contributed by atoms with Gasteiger partial charge in [-0.15, -0.1) is 12.6 Å². The summed E-state index contributed by atoms with van der Waals surface area (Å²) < 4.78 is 21.9. The fourth-order valence-electron chi connectivity index (χ4n) is 4.00. The predicted molar refractivity (Wildman–Crippen MR) is 138 cm³/mol. The van der Waals surface area contributed by atoms with Crippen LogP contribution < -0.4 is 0 Å². The molecule has 2 N–H and O–H groups in total. The largest absolute Gasteiger partial charge is 0.477 e. The molecule has 8 heteroatoms. The summed E-state index contributed by atoms with van der Waals surface area (Å²) in [6.45, 7) is 6.21. The van der Waals surface area contributed by atoms with Gasteiger partial charge in [0.05, 0.1) is 0 Å². The lowest BCUT2D eigenvalue weighted by atomic mass is 9.91. The zero-order valence-corrected chi connectivity index (χ0v) is 23.0. The third-order valence-corrected chi connectivity index (χ3v) is 6.93. The second-order valence-corrected chi connectivity index (χ2v) is 10.5. The quantitative estimate of drug-likeness (QED) is 0.0530. The first kappa shape index (κ1) is 32.8. The number of ether oxygens (including phenoxy) is 2. The van der Waals surface area contributed by atoms with Crippen LogP contribution in [0.15, 0.2) is 0 Å². The van der Waals surface area contributed by atoms with Gasteiger partial charge < -0.3 is 19.7 Å². The van der Waals surface area contributed by atoms with Crippen LogP contribution in [-0.2, 0) is 18.8 Å². The second-order valence-electron chi connectivity index (χ2n) is 9.12. The van der Waals surface area contributed by atoms with Crippen LogP contribution in [0.3, 0.4) is 0 Å². The monoisotopic (exact) mass is 508 g/mol. The number of aliphatic hydroxyl groups is 1. The van der Waals surface area contributed by atoms with Crippen molar-refractivity contribution in [3.8, 4) is 0 Å². The molecule has 0 saturated carbocycles. The van der Waals surface area contributed by atoms with Gasteiger partial charge in [0.1, 0.15) is 5.44 Å². The lowest BCUT2D eigenvalue weighted by Crippen LogP contribution is -2.40. The van der Waals surface area contributed by atoms with Crippen molar-refractivity contribution in [2.24, 2.45) is 5.92 Å². The van der Waals surface area contributed by atoms with Crippen LogP contribution in [0.1, 0.15) is 130 Å². The average molecular weight is 509 g/mol. The number of carbonyl (C=O) groups is 1. The molecule has 0 heterocycles. The van der Waals surface area contributed by atoms with Crippen LogP contribution in [0.25, 0.3) is 0 Å². The van der Waals surface area contributed by atoms with Crippen LogP contribution in [0, 0.1) is 5.92 Å². The molecule has 0 aliphatic rings. The summed E-state index contributed by atoms with van der Waals surface area (Å²) in [7, 11) is -1.03. The number of hydrogen-bond acceptors (Lipinski definition) is 6. The smallest absolute Gasteiger partial charge is 0.377 e. The maximum atomic E-state index is 11.1. The Morgan fingerprint density at radius 3 is 1.76 bits per heavy atom. The van der Waals surface area contributed by atoms with Gasteiger partial charge in [0, 0.05) is 0 Å². The number of thiol groups is 1. The molecule has 0 saturated heterocycles. The molecule has 0 fully saturated rings. The lowest BCUT2D eigenvalue weighted by molar-refractivity contribution is -0.256. The lowest BCUT2D eigenvalue weighted by Gasteiger charge is -2.27. The highest BCUT2D eigenvalue weighted by atomic mass is 32.1. The van der Waals surface area contributed by atoms with Gasteiger partial charge in [-0.25, -0.2) is 4.79 Å². The van der Waals surface area contributed by atoms with Gasteiger partial charge in [0.25, 0.3) is 0 Å². The third-order valence-electron chi connectivity index (χ3n) is 6.06. The van der Waals surface area contributed by atoms with Crippen molar-refractivity contribution in [2.75, 3.05) is 0 Å². The molecule has 4 unspecified atom stereocenters. The summed E-state index contributed by atoms with van der Waals surface area (Å²) >= 11 is 4.56. The number of carboxylic acid groups (broad SMARTS) is 1. The normalized spacial score (nSPS) is 16.4. The Morgan fingerprint density at radius 2 is 1.33 bits per heavy atom. The van der Waals surface area contributed by atoms with E-state index in [0.29, 0.717) is 12.3 Å². The molecule has 6 nitrogen and oxygen atoms in total. The van der Waals surface area contributed by atoms with E-state index in [1.807, 2.05) is 0 Å². The van der Waals surface area contributed by atoms with Crippen LogP contribution >= 0.6 is 21.1 Å². The third kappa shape index (κ3) is 17.0. The van der Waals surface area contributed by atoms with E-state index in [1.54, 1.807) is 6.92 Å². The number of aliphatic carboxylic acids is 1. The van der Waals surface area contributed by atoms with E-state index in [0.717, 1.165) is 19.3 Å². The predicted octanol–water partition coefficient (Wildman–Crippen LogP) is 7.93. The minimum absolute atomic E-state index is 0.307. The van der Waals surface area contributed by atoms with Crippen molar-refractivity contribution in [1.29, 1.82) is 0 Å². The Balaban J connectivity index is 4.51. The molecule has 0 aliphatic carbocycles. The van der Waals surface area contributed by atoms with Gasteiger partial charge >= 0.3 is 11.5 Å². The van der Waals surface area contributed by atoms with Gasteiger partial charge in [0.15, 0.2) is 6.29 Å². The molecule has 0 aromatic rings. The van der Waals surface area contributed by atoms with Gasteiger partial charge in [-0.2, -0.15) is 0 Å². The maximum Gasteiger partial charge on any atom is 0.377 e. The molecular weight excluding hydrogens is 459 g/mol. The summed E-state index contributed by atoms with van der Waals surface area (Å²) in [5, 5.41) is 18.9. The first-order valence-corrected chi connectivity index (χ1v) is 14.5. The molecule has 0 radical (unpaired) electrons. The van der Waals surface area contributed by atoms with Crippen LogP contribution in [0.2, 0.25) is 0 Å². The Labute approximate surface area is 209 Å². The second kappa shape index (κ2) is 21.1. The van der Waals surface area contributed by atoms with E-state index in [-0.39, 0.29) is 0 Å². The summed E-state index contributed by atoms with van der Waals surface area (Å²) in [6.07, 6.45) is 19.0. The van der Waals surface area contributed by atoms with Crippen molar-refractivity contribution < 1.29 is 29.0 Å². The van der Waals surface area contributed by atoms with E-state index < -0.39 is 31.7 Å². The number of unbranched alkanes of at least 4 members (excludes halogenated alkanes) is 11. The molecule has 0 rings (SSSR count). The Morgan fingerprint density at radius 1 is 0.879 bits per heavy atom. The molecule has 0 spiro atoms. The minimum Gasteiger partial charge on any atom is -0.477 e. The van der Waals surface area contributed by atoms with Crippen LogP contribution in [0.4, 0.5) is 0 Å². The topological polar surface area (TPSA) is 93.1 Å². The van der Waals surface area contributed by atoms with E-state index in [1.165, 1.54) is 83.5 Å². The first-order chi connectivity index (χ1) is 15.8. The van der Waals surface area contributed by atoms with Crippen molar-refractivity contribution in [2.45, 2.75) is 147 Å². The molecule has 0 aliphatic heterocycles. The molecule has 4 atom stereocenters. The highest BCUT2D eigenvalue weighted by Gasteiger charge is 2.42. The highest BCUT2D eigenvalue weighted by Crippen LogP contribution is 2.29. The van der Waals surface area contributed by atoms with E-state index in [9.17, 15) is 14.5 Å². The number of carboxylic acids is 1. The Kier molecular flexibility index (Phi) is 21.0. The van der Waals surface area contributed by atoms with Crippen LogP contribution in [0.5, 0.6) is 0 Å². The van der Waals surface area contributed by atoms with Crippen molar-refractivity contribution in [1.82, 2.24) is 0 Å². The maximum absolute atomic E-state index is 11.1. The zero-order valence-electron chi connectivity index (χ0n) is 21.2. The summed E-state index contributed by atoms with van der Waals surface area (Å²) in [6, 6.07) is 0. The molecule has 196 valence electrons. The number of hydrogen-bond donors (Lipinski definition) is 3. The molecule has 0 amide bonds. The van der Waals surface area contributed by atoms with Gasteiger partial charge in [-0.3, -0.25) is 4.57 Å². The highest BCUT2D eigenvalue weighted by molar-refractivity contribution is 7.80. The fraction of sp³-hybridized carbons (Fsp3) is 0.960. The summed E-state index contributed by atoms with van der Waals surface area (Å²) in [4.78, 5) is 11.1. The minimum atomic E-state index is -2.80. The van der Waals surface area contributed by atoms with E-state index in [4.69, 9.17) is 14.6 Å². The standard InChI is InChI=1S/C25H49O6PS/c1-4-7-9-11-12-13-14-15-17-19-21(18-16-10-8-5-2)20-23(33)30-22(6-3)31-25(28,32-29)24(26)27/h21-23,28,33H,4-20H2,1-3H3,(H,26,27). The van der Waals surface area contributed by atoms with E-state index in [2.05, 4.69) is 26.5 Å². The summed E-state index contributed by atoms with van der Waals surface area (Å²) in [5.41, 5.74) is -3.24. The molecular formula is C25H49O6PS. The van der Waals surface area contributed by atoms with Gasteiger partial charge in [-0.1, -0.05) is 117 Å². The molecule has 0 aromatic carbocycles. The van der Waals surface area contributed by atoms with Crippen molar-refractivity contribution in [3.05, 3.63) is 0 Å². The van der Waals surface area contributed by atoms with Crippen LogP contribution in [-0.4, -0.2) is 33.4 Å². The zero-order chi connectivity index (χ0) is 25.0. The molecule has 33 heavy (non-hydrogen) atoms. The average Bonchev–Trinajstić information content (AvgIpc) is 2.79. The Hall–Kier alpha value is -0.200. The van der Waals surface area contributed by atoms with Crippen molar-refractivity contribution >= 4 is 27.1 Å². The van der Waals surface area contributed by atoms with Gasteiger partial charge in [-0.05, 0) is 18.8 Å². The Bertz CT molecular complexity index is 496. The van der Waals surface area contributed by atoms with E-state index >= 15 is 0 Å². The first-order valence-electron chi connectivity index (χ1n) is 13.1. The fourth-order valence-corrected chi connectivity index (χ4v) is 4.67.